The summed E-state index contributed by atoms with van der Waals surface area (Å²) in [6.07, 6.45) is 6.96. The molecular formula is C12H25N3. The van der Waals surface area contributed by atoms with E-state index in [1.807, 2.05) is 0 Å². The molecule has 15 heavy (non-hydrogen) atoms. The Kier molecular flexibility index (Phi) is 4.00. The fourth-order valence-corrected chi connectivity index (χ4v) is 3.19. The van der Waals surface area contributed by atoms with Gasteiger partial charge < -0.3 is 10.6 Å². The number of likely N-dealkylation sites (N-methyl/N-ethyl adjacent to an activating group) is 1. The lowest BCUT2D eigenvalue weighted by Gasteiger charge is -2.34. The Morgan fingerprint density at radius 2 is 1.87 bits per heavy atom. The van der Waals surface area contributed by atoms with Crippen molar-refractivity contribution >= 4 is 0 Å². The zero-order chi connectivity index (χ0) is 10.7. The zero-order valence-electron chi connectivity index (χ0n) is 9.99. The van der Waals surface area contributed by atoms with Gasteiger partial charge in [0, 0.05) is 31.7 Å². The second-order valence-electron chi connectivity index (χ2n) is 5.18. The predicted octanol–water partition coefficient (Wildman–Crippen LogP) is 0.894. The van der Waals surface area contributed by atoms with Gasteiger partial charge in [0.2, 0.25) is 0 Å². The molecule has 1 saturated carbocycles. The van der Waals surface area contributed by atoms with Crippen molar-refractivity contribution in [2.45, 2.75) is 44.2 Å². The molecule has 0 aromatic carbocycles. The van der Waals surface area contributed by atoms with Crippen LogP contribution in [0.15, 0.2) is 0 Å². The van der Waals surface area contributed by atoms with Crippen LogP contribution in [-0.2, 0) is 0 Å². The van der Waals surface area contributed by atoms with E-state index in [2.05, 4.69) is 16.8 Å². The van der Waals surface area contributed by atoms with E-state index in [-0.39, 0.29) is 0 Å². The molecule has 1 heterocycles. The Bertz CT molecular complexity index is 189. The molecule has 0 aromatic heterocycles. The van der Waals surface area contributed by atoms with E-state index in [0.717, 1.165) is 19.1 Å². The second-order valence-corrected chi connectivity index (χ2v) is 5.18. The maximum absolute atomic E-state index is 5.92. The fraction of sp³-hybridized carbons (Fsp3) is 1.00. The highest BCUT2D eigenvalue weighted by Gasteiger charge is 2.29. The van der Waals surface area contributed by atoms with Crippen LogP contribution < -0.4 is 5.73 Å². The van der Waals surface area contributed by atoms with Crippen LogP contribution in [0.1, 0.15) is 32.1 Å². The summed E-state index contributed by atoms with van der Waals surface area (Å²) >= 11 is 0. The molecule has 0 spiro atoms. The van der Waals surface area contributed by atoms with Gasteiger partial charge in [-0.2, -0.15) is 0 Å². The maximum atomic E-state index is 5.92. The van der Waals surface area contributed by atoms with Gasteiger partial charge in [-0.25, -0.2) is 0 Å². The summed E-state index contributed by atoms with van der Waals surface area (Å²) in [6.45, 7) is 4.48. The van der Waals surface area contributed by atoms with Crippen molar-refractivity contribution in [3.8, 4) is 0 Å². The summed E-state index contributed by atoms with van der Waals surface area (Å²) in [5.74, 6) is 0. The van der Waals surface area contributed by atoms with Crippen molar-refractivity contribution in [3.05, 3.63) is 0 Å². The Morgan fingerprint density at radius 1 is 1.13 bits per heavy atom. The lowest BCUT2D eigenvalue weighted by atomic mass is 10.1. The van der Waals surface area contributed by atoms with Crippen molar-refractivity contribution in [1.29, 1.82) is 0 Å². The fourth-order valence-electron chi connectivity index (χ4n) is 3.19. The molecule has 88 valence electrons. The molecule has 0 amide bonds. The molecule has 1 unspecified atom stereocenters. The third-order valence-corrected chi connectivity index (χ3v) is 4.01. The van der Waals surface area contributed by atoms with Crippen molar-refractivity contribution in [2.24, 2.45) is 5.73 Å². The first-order valence-corrected chi connectivity index (χ1v) is 6.45. The lowest BCUT2D eigenvalue weighted by Crippen LogP contribution is -2.49. The molecule has 0 bridgehead atoms. The molecule has 0 radical (unpaired) electrons. The van der Waals surface area contributed by atoms with Gasteiger partial charge in [0.05, 0.1) is 0 Å². The van der Waals surface area contributed by atoms with Crippen LogP contribution >= 0.6 is 0 Å². The standard InChI is InChI=1S/C12H25N3/c1-14-7-4-8-15(12(9-13)10-14)11-5-2-3-6-11/h11-12H,2-10,13H2,1H3. The van der Waals surface area contributed by atoms with Crippen LogP contribution in [0.5, 0.6) is 0 Å². The number of nitrogens with two attached hydrogens (primary N) is 1. The van der Waals surface area contributed by atoms with E-state index >= 15 is 0 Å². The maximum Gasteiger partial charge on any atom is 0.0348 e. The minimum Gasteiger partial charge on any atom is -0.329 e. The van der Waals surface area contributed by atoms with Crippen LogP contribution in [-0.4, -0.2) is 55.1 Å². The van der Waals surface area contributed by atoms with Gasteiger partial charge in [-0.05, 0) is 32.9 Å². The van der Waals surface area contributed by atoms with E-state index in [0.29, 0.717) is 6.04 Å². The van der Waals surface area contributed by atoms with Gasteiger partial charge in [-0.15, -0.1) is 0 Å². The molecule has 2 rings (SSSR count). The van der Waals surface area contributed by atoms with Crippen molar-refractivity contribution in [3.63, 3.8) is 0 Å². The largest absolute Gasteiger partial charge is 0.329 e. The highest BCUT2D eigenvalue weighted by atomic mass is 15.3. The monoisotopic (exact) mass is 211 g/mol. The minimum atomic E-state index is 0.598. The average Bonchev–Trinajstić information content (AvgIpc) is 2.68. The van der Waals surface area contributed by atoms with Crippen LogP contribution in [0.25, 0.3) is 0 Å². The normalized spacial score (nSPS) is 32.0. The number of hydrogen-bond acceptors (Lipinski definition) is 3. The quantitative estimate of drug-likeness (QED) is 0.736. The van der Waals surface area contributed by atoms with E-state index in [1.165, 1.54) is 45.2 Å². The van der Waals surface area contributed by atoms with E-state index in [4.69, 9.17) is 5.73 Å². The van der Waals surface area contributed by atoms with Crippen LogP contribution in [0, 0.1) is 0 Å². The smallest absolute Gasteiger partial charge is 0.0348 e. The van der Waals surface area contributed by atoms with Gasteiger partial charge in [0.1, 0.15) is 0 Å². The minimum absolute atomic E-state index is 0.598. The Morgan fingerprint density at radius 3 is 2.53 bits per heavy atom. The molecule has 1 aliphatic carbocycles. The number of rotatable bonds is 2. The molecule has 1 saturated heterocycles. The van der Waals surface area contributed by atoms with E-state index in [1.54, 1.807) is 0 Å². The summed E-state index contributed by atoms with van der Waals surface area (Å²) in [4.78, 5) is 5.14. The van der Waals surface area contributed by atoms with Gasteiger partial charge in [0.25, 0.3) is 0 Å². The molecular weight excluding hydrogens is 186 g/mol. The van der Waals surface area contributed by atoms with Crippen molar-refractivity contribution < 1.29 is 0 Å². The van der Waals surface area contributed by atoms with E-state index < -0.39 is 0 Å². The first-order chi connectivity index (χ1) is 7.31. The summed E-state index contributed by atoms with van der Waals surface area (Å²) in [5.41, 5.74) is 5.92. The highest BCUT2D eigenvalue weighted by molar-refractivity contribution is 4.86. The van der Waals surface area contributed by atoms with Crippen molar-refractivity contribution in [1.82, 2.24) is 9.80 Å². The van der Waals surface area contributed by atoms with Gasteiger partial charge in [0.15, 0.2) is 0 Å². The summed E-state index contributed by atoms with van der Waals surface area (Å²) in [6, 6.07) is 1.44. The molecule has 3 heteroatoms. The topological polar surface area (TPSA) is 32.5 Å². The molecule has 2 N–H and O–H groups in total. The predicted molar refractivity (Wildman–Crippen MR) is 63.9 cm³/mol. The Hall–Kier alpha value is -0.120. The lowest BCUT2D eigenvalue weighted by molar-refractivity contribution is 0.138. The number of hydrogen-bond donors (Lipinski definition) is 1. The highest BCUT2D eigenvalue weighted by Crippen LogP contribution is 2.26. The molecule has 2 aliphatic rings. The summed E-state index contributed by atoms with van der Waals surface area (Å²) < 4.78 is 0. The Labute approximate surface area is 93.6 Å². The average molecular weight is 211 g/mol. The molecule has 1 aliphatic heterocycles. The molecule has 3 nitrogen and oxygen atoms in total. The van der Waals surface area contributed by atoms with Gasteiger partial charge >= 0.3 is 0 Å². The molecule has 1 atom stereocenters. The Balaban J connectivity index is 1.99. The third-order valence-electron chi connectivity index (χ3n) is 4.01. The number of nitrogens with zero attached hydrogens (tertiary/aromatic N) is 2. The molecule has 0 aromatic rings. The SMILES string of the molecule is CN1CCCN(C2CCCC2)C(CN)C1. The van der Waals surface area contributed by atoms with Crippen LogP contribution in [0.4, 0.5) is 0 Å². The zero-order valence-corrected chi connectivity index (χ0v) is 9.99. The first-order valence-electron chi connectivity index (χ1n) is 6.45. The second kappa shape index (κ2) is 5.28. The van der Waals surface area contributed by atoms with Crippen LogP contribution in [0.3, 0.4) is 0 Å². The van der Waals surface area contributed by atoms with Gasteiger partial charge in [-0.1, -0.05) is 12.8 Å². The van der Waals surface area contributed by atoms with Crippen molar-refractivity contribution in [2.75, 3.05) is 33.2 Å². The summed E-state index contributed by atoms with van der Waals surface area (Å²) in [5, 5.41) is 0. The van der Waals surface area contributed by atoms with E-state index in [9.17, 15) is 0 Å². The third kappa shape index (κ3) is 2.71. The van der Waals surface area contributed by atoms with Gasteiger partial charge in [-0.3, -0.25) is 4.90 Å². The van der Waals surface area contributed by atoms with Crippen LogP contribution in [0.2, 0.25) is 0 Å². The first kappa shape index (κ1) is 11.4. The summed E-state index contributed by atoms with van der Waals surface area (Å²) in [7, 11) is 2.22. The molecule has 2 fully saturated rings.